The molecule has 0 aliphatic rings. The molecule has 0 spiro atoms. The minimum Gasteiger partial charge on any atom is -0.414 e. The Hall–Kier alpha value is -3.42. The number of rotatable bonds is 2. The molecular weight excluding hydrogens is 316 g/mol. The predicted molar refractivity (Wildman–Crippen MR) is 82.6 cm³/mol. The van der Waals surface area contributed by atoms with E-state index in [2.05, 4.69) is 20.2 Å². The molecule has 0 fully saturated rings. The second-order valence-corrected chi connectivity index (χ2v) is 4.96. The molecule has 6 nitrogen and oxygen atoms in total. The summed E-state index contributed by atoms with van der Waals surface area (Å²) in [5.41, 5.74) is 6.83. The largest absolute Gasteiger partial charge is 0.414 e. The van der Waals surface area contributed by atoms with Crippen molar-refractivity contribution in [3.63, 3.8) is 0 Å². The Morgan fingerprint density at radius 3 is 2.12 bits per heavy atom. The van der Waals surface area contributed by atoms with Crippen molar-refractivity contribution < 1.29 is 13.2 Å². The van der Waals surface area contributed by atoms with Gasteiger partial charge >= 0.3 is 0 Å². The van der Waals surface area contributed by atoms with Crippen LogP contribution in [0.1, 0.15) is 0 Å². The molecular formula is C16H9F2N5O. The predicted octanol–water partition coefficient (Wildman–Crippen LogP) is 3.21. The summed E-state index contributed by atoms with van der Waals surface area (Å²) in [4.78, 5) is 8.53. The fraction of sp³-hybridized carbons (Fsp3) is 0. The third-order valence-electron chi connectivity index (χ3n) is 3.40. The van der Waals surface area contributed by atoms with Gasteiger partial charge in [0.25, 0.3) is 11.8 Å². The number of benzene rings is 2. The van der Waals surface area contributed by atoms with Gasteiger partial charge in [-0.3, -0.25) is 0 Å². The van der Waals surface area contributed by atoms with Crippen LogP contribution in [0.15, 0.2) is 46.9 Å². The summed E-state index contributed by atoms with van der Waals surface area (Å²) >= 11 is 0. The zero-order valence-corrected chi connectivity index (χ0v) is 12.1. The standard InChI is InChI=1S/C16H9F2N5O/c17-8-4-3-5-9(18)12(8)15-22-23-16(24-15)13-14(19)21-11-7-2-1-6-10(11)20-13/h1-7H,(H2,19,21). The van der Waals surface area contributed by atoms with E-state index in [0.717, 1.165) is 12.1 Å². The van der Waals surface area contributed by atoms with Gasteiger partial charge in [0.15, 0.2) is 11.5 Å². The summed E-state index contributed by atoms with van der Waals surface area (Å²) in [7, 11) is 0. The highest BCUT2D eigenvalue weighted by molar-refractivity contribution is 5.80. The van der Waals surface area contributed by atoms with Gasteiger partial charge in [0, 0.05) is 0 Å². The normalized spacial score (nSPS) is 11.1. The van der Waals surface area contributed by atoms with Gasteiger partial charge in [0.1, 0.15) is 17.2 Å². The lowest BCUT2D eigenvalue weighted by Crippen LogP contribution is -1.98. The molecule has 0 amide bonds. The Bertz CT molecular complexity index is 1040. The van der Waals surface area contributed by atoms with E-state index < -0.39 is 17.2 Å². The Balaban J connectivity index is 1.85. The number of halogens is 2. The SMILES string of the molecule is Nc1nc2ccccc2nc1-c1nnc(-c2c(F)cccc2F)o1. The molecule has 2 heterocycles. The lowest BCUT2D eigenvalue weighted by Gasteiger charge is -2.02. The number of nitrogens with two attached hydrogens (primary N) is 1. The van der Waals surface area contributed by atoms with Gasteiger partial charge < -0.3 is 10.2 Å². The van der Waals surface area contributed by atoms with E-state index in [0.29, 0.717) is 11.0 Å². The lowest BCUT2D eigenvalue weighted by molar-refractivity contribution is 0.547. The summed E-state index contributed by atoms with van der Waals surface area (Å²) < 4.78 is 33.0. The molecule has 2 aromatic heterocycles. The van der Waals surface area contributed by atoms with E-state index >= 15 is 0 Å². The quantitative estimate of drug-likeness (QED) is 0.608. The van der Waals surface area contributed by atoms with Gasteiger partial charge in [-0.15, -0.1) is 10.2 Å². The molecule has 0 radical (unpaired) electrons. The van der Waals surface area contributed by atoms with Crippen molar-refractivity contribution in [2.45, 2.75) is 0 Å². The topological polar surface area (TPSA) is 90.7 Å². The molecule has 0 saturated heterocycles. The molecule has 0 aliphatic carbocycles. The molecule has 0 atom stereocenters. The van der Waals surface area contributed by atoms with E-state index in [1.54, 1.807) is 18.2 Å². The van der Waals surface area contributed by atoms with Gasteiger partial charge in [-0.05, 0) is 24.3 Å². The number of anilines is 1. The van der Waals surface area contributed by atoms with Crippen LogP contribution in [0.25, 0.3) is 34.1 Å². The van der Waals surface area contributed by atoms with Crippen LogP contribution in [0.3, 0.4) is 0 Å². The van der Waals surface area contributed by atoms with Crippen LogP contribution in [0.2, 0.25) is 0 Å². The highest BCUT2D eigenvalue weighted by Gasteiger charge is 2.20. The van der Waals surface area contributed by atoms with Crippen LogP contribution < -0.4 is 5.73 Å². The van der Waals surface area contributed by atoms with Crippen LogP contribution in [0.4, 0.5) is 14.6 Å². The van der Waals surface area contributed by atoms with Crippen LogP contribution in [0, 0.1) is 11.6 Å². The number of aromatic nitrogens is 4. The molecule has 4 aromatic rings. The highest BCUT2D eigenvalue weighted by atomic mass is 19.1. The van der Waals surface area contributed by atoms with Crippen molar-refractivity contribution in [3.05, 3.63) is 54.1 Å². The van der Waals surface area contributed by atoms with Crippen LogP contribution in [0.5, 0.6) is 0 Å². The van der Waals surface area contributed by atoms with E-state index in [9.17, 15) is 8.78 Å². The molecule has 2 aromatic carbocycles. The first-order chi connectivity index (χ1) is 11.6. The number of fused-ring (bicyclic) bond motifs is 1. The first-order valence-electron chi connectivity index (χ1n) is 6.94. The molecule has 2 N–H and O–H groups in total. The number of para-hydroxylation sites is 2. The Kier molecular flexibility index (Phi) is 3.16. The van der Waals surface area contributed by atoms with Crippen LogP contribution >= 0.6 is 0 Å². The Morgan fingerprint density at radius 2 is 1.42 bits per heavy atom. The first kappa shape index (κ1) is 14.2. The fourth-order valence-electron chi connectivity index (χ4n) is 2.29. The number of hydrogen-bond acceptors (Lipinski definition) is 6. The zero-order chi connectivity index (χ0) is 16.7. The molecule has 4 rings (SSSR count). The summed E-state index contributed by atoms with van der Waals surface area (Å²) in [5, 5.41) is 7.47. The van der Waals surface area contributed by atoms with Crippen molar-refractivity contribution in [3.8, 4) is 23.0 Å². The molecule has 0 aliphatic heterocycles. The first-order valence-corrected chi connectivity index (χ1v) is 6.94. The van der Waals surface area contributed by atoms with E-state index in [4.69, 9.17) is 10.2 Å². The van der Waals surface area contributed by atoms with Crippen LogP contribution in [-0.2, 0) is 0 Å². The van der Waals surface area contributed by atoms with E-state index in [1.807, 2.05) is 6.07 Å². The van der Waals surface area contributed by atoms with Gasteiger partial charge in [-0.2, -0.15) is 0 Å². The summed E-state index contributed by atoms with van der Waals surface area (Å²) in [6.45, 7) is 0. The maximum Gasteiger partial charge on any atom is 0.270 e. The Labute approximate surface area is 134 Å². The second kappa shape index (κ2) is 5.34. The molecule has 0 saturated carbocycles. The monoisotopic (exact) mass is 325 g/mol. The zero-order valence-electron chi connectivity index (χ0n) is 12.1. The van der Waals surface area contributed by atoms with Crippen molar-refractivity contribution in [2.75, 3.05) is 5.73 Å². The third kappa shape index (κ3) is 2.24. The average molecular weight is 325 g/mol. The average Bonchev–Trinajstić information content (AvgIpc) is 3.03. The van der Waals surface area contributed by atoms with E-state index in [-0.39, 0.29) is 23.3 Å². The van der Waals surface area contributed by atoms with Crippen LogP contribution in [-0.4, -0.2) is 20.2 Å². The minimum absolute atomic E-state index is 0.0663. The van der Waals surface area contributed by atoms with Crippen molar-refractivity contribution >= 4 is 16.9 Å². The highest BCUT2D eigenvalue weighted by Crippen LogP contribution is 2.29. The molecule has 0 unspecified atom stereocenters. The number of hydrogen-bond donors (Lipinski definition) is 1. The fourth-order valence-corrected chi connectivity index (χ4v) is 2.29. The maximum atomic E-state index is 13.8. The minimum atomic E-state index is -0.803. The summed E-state index contributed by atoms with van der Waals surface area (Å²) in [6.07, 6.45) is 0. The smallest absolute Gasteiger partial charge is 0.270 e. The number of nitrogen functional groups attached to an aromatic ring is 1. The summed E-state index contributed by atoms with van der Waals surface area (Å²) in [6, 6.07) is 10.6. The maximum absolute atomic E-state index is 13.8. The van der Waals surface area contributed by atoms with Crippen molar-refractivity contribution in [1.82, 2.24) is 20.2 Å². The lowest BCUT2D eigenvalue weighted by atomic mass is 10.2. The van der Waals surface area contributed by atoms with Gasteiger partial charge in [0.05, 0.1) is 11.0 Å². The van der Waals surface area contributed by atoms with Gasteiger partial charge in [-0.25, -0.2) is 18.7 Å². The molecule has 24 heavy (non-hydrogen) atoms. The molecule has 8 heteroatoms. The van der Waals surface area contributed by atoms with Crippen molar-refractivity contribution in [1.29, 1.82) is 0 Å². The Morgan fingerprint density at radius 1 is 0.792 bits per heavy atom. The number of nitrogens with zero attached hydrogens (tertiary/aromatic N) is 4. The molecule has 118 valence electrons. The molecule has 0 bridgehead atoms. The van der Waals surface area contributed by atoms with Gasteiger partial charge in [-0.1, -0.05) is 18.2 Å². The van der Waals surface area contributed by atoms with Crippen molar-refractivity contribution in [2.24, 2.45) is 0 Å². The van der Waals surface area contributed by atoms with Gasteiger partial charge in [0.2, 0.25) is 0 Å². The van der Waals surface area contributed by atoms with E-state index in [1.165, 1.54) is 6.07 Å². The third-order valence-corrected chi connectivity index (χ3v) is 3.40. The second-order valence-electron chi connectivity index (χ2n) is 4.96. The summed E-state index contributed by atoms with van der Waals surface area (Å²) in [5.74, 6) is -1.89.